The summed E-state index contributed by atoms with van der Waals surface area (Å²) in [5.41, 5.74) is 6.00. The second-order valence-electron chi connectivity index (χ2n) is 6.65. The van der Waals surface area contributed by atoms with Crippen molar-refractivity contribution in [3.63, 3.8) is 0 Å². The van der Waals surface area contributed by atoms with Crippen molar-refractivity contribution in [3.8, 4) is 0 Å². The first kappa shape index (κ1) is 17.8. The molecule has 1 N–H and O–H groups in total. The van der Waals surface area contributed by atoms with Gasteiger partial charge >= 0.3 is 5.97 Å². The second kappa shape index (κ2) is 7.56. The predicted molar refractivity (Wildman–Crippen MR) is 108 cm³/mol. The standard InChI is InChI=1S/C23H20N2O3/c1-16(26)28-15-23(27)25-22(18-8-3-2-4-9-18)14-21(24-25)20-12-11-17-7-5-6-10-19(17)13-20/h2-14,22,24H,15H2,1H3/t22-/m1/s1. The third kappa shape index (κ3) is 3.60. The highest BCUT2D eigenvalue weighted by molar-refractivity contribution is 5.88. The van der Waals surface area contributed by atoms with Crippen LogP contribution in [-0.4, -0.2) is 23.5 Å². The minimum Gasteiger partial charge on any atom is -0.456 e. The van der Waals surface area contributed by atoms with E-state index >= 15 is 0 Å². The van der Waals surface area contributed by atoms with Crippen LogP contribution in [0.25, 0.3) is 16.5 Å². The average Bonchev–Trinajstić information content (AvgIpc) is 3.18. The summed E-state index contributed by atoms with van der Waals surface area (Å²) in [6, 6.07) is 23.8. The topological polar surface area (TPSA) is 58.6 Å². The summed E-state index contributed by atoms with van der Waals surface area (Å²) in [6.45, 7) is 0.989. The van der Waals surface area contributed by atoms with Crippen LogP contribution in [0.4, 0.5) is 0 Å². The molecule has 1 amide bonds. The number of carbonyl (C=O) groups excluding carboxylic acids is 2. The molecule has 0 saturated heterocycles. The number of nitrogens with zero attached hydrogens (tertiary/aromatic N) is 1. The number of carbonyl (C=O) groups is 2. The van der Waals surface area contributed by atoms with Gasteiger partial charge in [0.15, 0.2) is 6.61 Å². The molecular weight excluding hydrogens is 352 g/mol. The lowest BCUT2D eigenvalue weighted by molar-refractivity contribution is -0.151. The highest BCUT2D eigenvalue weighted by atomic mass is 16.5. The summed E-state index contributed by atoms with van der Waals surface area (Å²) in [6.07, 6.45) is 2.02. The number of amides is 1. The molecule has 1 aliphatic heterocycles. The van der Waals surface area contributed by atoms with Crippen molar-refractivity contribution in [2.75, 3.05) is 6.61 Å². The summed E-state index contributed by atoms with van der Waals surface area (Å²) in [7, 11) is 0. The van der Waals surface area contributed by atoms with Crippen LogP contribution < -0.4 is 5.43 Å². The van der Waals surface area contributed by atoms with Gasteiger partial charge in [-0.2, -0.15) is 0 Å². The molecule has 0 fully saturated rings. The third-order valence-electron chi connectivity index (χ3n) is 4.71. The van der Waals surface area contributed by atoms with Crippen LogP contribution in [0.1, 0.15) is 24.1 Å². The number of hydrogen-bond donors (Lipinski definition) is 1. The summed E-state index contributed by atoms with van der Waals surface area (Å²) >= 11 is 0. The number of ether oxygens (including phenoxy) is 1. The van der Waals surface area contributed by atoms with Crippen LogP contribution in [-0.2, 0) is 14.3 Å². The number of fused-ring (bicyclic) bond motifs is 1. The lowest BCUT2D eigenvalue weighted by Crippen LogP contribution is -2.41. The lowest BCUT2D eigenvalue weighted by atomic mass is 10.0. The Kier molecular flexibility index (Phi) is 4.81. The van der Waals surface area contributed by atoms with Gasteiger partial charge < -0.3 is 4.74 Å². The van der Waals surface area contributed by atoms with E-state index in [0.29, 0.717) is 0 Å². The van der Waals surface area contributed by atoms with Crippen LogP contribution in [0.3, 0.4) is 0 Å². The Morgan fingerprint density at radius 1 is 0.964 bits per heavy atom. The number of hydrazine groups is 1. The Balaban J connectivity index is 1.67. The van der Waals surface area contributed by atoms with Gasteiger partial charge in [0.2, 0.25) is 0 Å². The van der Waals surface area contributed by atoms with E-state index in [4.69, 9.17) is 4.74 Å². The van der Waals surface area contributed by atoms with E-state index in [9.17, 15) is 9.59 Å². The van der Waals surface area contributed by atoms with Gasteiger partial charge in [-0.25, -0.2) is 5.01 Å². The Labute approximate surface area is 163 Å². The zero-order valence-corrected chi connectivity index (χ0v) is 15.5. The van der Waals surface area contributed by atoms with E-state index < -0.39 is 5.97 Å². The van der Waals surface area contributed by atoms with Gasteiger partial charge in [-0.3, -0.25) is 15.0 Å². The Hall–Kier alpha value is -3.60. The largest absolute Gasteiger partial charge is 0.456 e. The zero-order valence-electron chi connectivity index (χ0n) is 15.5. The molecule has 5 heteroatoms. The maximum Gasteiger partial charge on any atom is 0.303 e. The third-order valence-corrected chi connectivity index (χ3v) is 4.71. The maximum absolute atomic E-state index is 12.7. The molecule has 0 spiro atoms. The Bertz CT molecular complexity index is 1060. The molecule has 0 radical (unpaired) electrons. The summed E-state index contributed by atoms with van der Waals surface area (Å²) in [5, 5.41) is 3.80. The molecule has 3 aromatic rings. The maximum atomic E-state index is 12.7. The van der Waals surface area contributed by atoms with Crippen molar-refractivity contribution in [1.29, 1.82) is 0 Å². The van der Waals surface area contributed by atoms with E-state index in [1.54, 1.807) is 0 Å². The van der Waals surface area contributed by atoms with Crippen LogP contribution >= 0.6 is 0 Å². The lowest BCUT2D eigenvalue weighted by Gasteiger charge is -2.25. The number of rotatable bonds is 4. The molecule has 0 unspecified atom stereocenters. The molecule has 0 aliphatic carbocycles. The second-order valence-corrected chi connectivity index (χ2v) is 6.65. The van der Waals surface area contributed by atoms with Crippen molar-refractivity contribution >= 4 is 28.3 Å². The first-order valence-electron chi connectivity index (χ1n) is 9.10. The van der Waals surface area contributed by atoms with Crippen LogP contribution in [0.5, 0.6) is 0 Å². The summed E-state index contributed by atoms with van der Waals surface area (Å²) < 4.78 is 4.91. The molecule has 1 atom stereocenters. The summed E-state index contributed by atoms with van der Waals surface area (Å²) in [5.74, 6) is -0.789. The van der Waals surface area contributed by atoms with E-state index in [-0.39, 0.29) is 18.6 Å². The van der Waals surface area contributed by atoms with Crippen molar-refractivity contribution in [3.05, 3.63) is 90.0 Å². The number of esters is 1. The van der Waals surface area contributed by atoms with Crippen molar-refractivity contribution in [2.24, 2.45) is 0 Å². The number of benzene rings is 3. The smallest absolute Gasteiger partial charge is 0.303 e. The first-order chi connectivity index (χ1) is 13.6. The molecule has 1 heterocycles. The fourth-order valence-electron chi connectivity index (χ4n) is 3.33. The van der Waals surface area contributed by atoms with Crippen molar-refractivity contribution in [1.82, 2.24) is 10.4 Å². The van der Waals surface area contributed by atoms with Crippen LogP contribution in [0, 0.1) is 0 Å². The van der Waals surface area contributed by atoms with E-state index in [1.165, 1.54) is 11.9 Å². The van der Waals surface area contributed by atoms with Gasteiger partial charge in [0.25, 0.3) is 5.91 Å². The molecule has 3 aromatic carbocycles. The van der Waals surface area contributed by atoms with Crippen LogP contribution in [0.15, 0.2) is 78.9 Å². The SMILES string of the molecule is CC(=O)OCC(=O)N1NC(c2ccc3ccccc3c2)=C[C@@H]1c1ccccc1. The molecule has 0 aromatic heterocycles. The van der Waals surface area contributed by atoms with Gasteiger partial charge in [-0.05, 0) is 34.0 Å². The van der Waals surface area contributed by atoms with Gasteiger partial charge in [-0.1, -0.05) is 66.7 Å². The summed E-state index contributed by atoms with van der Waals surface area (Å²) in [4.78, 5) is 23.8. The van der Waals surface area contributed by atoms with E-state index in [2.05, 4.69) is 29.7 Å². The minimum absolute atomic E-state index is 0.286. The fraction of sp³-hybridized carbons (Fsp3) is 0.130. The molecule has 5 nitrogen and oxygen atoms in total. The molecule has 0 bridgehead atoms. The molecule has 0 saturated carbocycles. The fourth-order valence-corrected chi connectivity index (χ4v) is 3.33. The Morgan fingerprint density at radius 2 is 1.68 bits per heavy atom. The highest BCUT2D eigenvalue weighted by Gasteiger charge is 2.31. The average molecular weight is 372 g/mol. The first-order valence-corrected chi connectivity index (χ1v) is 9.10. The molecule has 1 aliphatic rings. The molecule has 140 valence electrons. The molecule has 4 rings (SSSR count). The van der Waals surface area contributed by atoms with Crippen molar-refractivity contribution < 1.29 is 14.3 Å². The van der Waals surface area contributed by atoms with Gasteiger partial charge in [0, 0.05) is 6.92 Å². The highest BCUT2D eigenvalue weighted by Crippen LogP contribution is 2.32. The monoisotopic (exact) mass is 372 g/mol. The number of nitrogens with one attached hydrogen (secondary N) is 1. The normalized spacial score (nSPS) is 15.8. The zero-order chi connectivity index (χ0) is 19.5. The predicted octanol–water partition coefficient (Wildman–Crippen LogP) is 3.83. The van der Waals surface area contributed by atoms with Crippen LogP contribution in [0.2, 0.25) is 0 Å². The molecule has 28 heavy (non-hydrogen) atoms. The Morgan fingerprint density at radius 3 is 2.43 bits per heavy atom. The number of hydrogen-bond acceptors (Lipinski definition) is 4. The quantitative estimate of drug-likeness (QED) is 0.707. The van der Waals surface area contributed by atoms with Crippen molar-refractivity contribution in [2.45, 2.75) is 13.0 Å². The minimum atomic E-state index is -0.480. The van der Waals surface area contributed by atoms with Gasteiger partial charge in [-0.15, -0.1) is 0 Å². The van der Waals surface area contributed by atoms with E-state index in [0.717, 1.165) is 27.6 Å². The van der Waals surface area contributed by atoms with Gasteiger partial charge in [0.05, 0.1) is 11.7 Å². The van der Waals surface area contributed by atoms with Gasteiger partial charge in [0.1, 0.15) is 0 Å². The van der Waals surface area contributed by atoms with E-state index in [1.807, 2.05) is 54.6 Å². The molecular formula is C23H20N2O3.